The van der Waals surface area contributed by atoms with Crippen LogP contribution < -0.4 is 0 Å². The molecule has 4 rings (SSSR count). The van der Waals surface area contributed by atoms with Crippen molar-refractivity contribution in [1.29, 1.82) is 0 Å². The molecule has 0 saturated heterocycles. The maximum atomic E-state index is 10.0. The van der Waals surface area contributed by atoms with Crippen LogP contribution in [0.25, 0.3) is 21.5 Å². The van der Waals surface area contributed by atoms with E-state index in [0.29, 0.717) is 0 Å². The summed E-state index contributed by atoms with van der Waals surface area (Å²) < 4.78 is 0. The predicted molar refractivity (Wildman–Crippen MR) is 141 cm³/mol. The van der Waals surface area contributed by atoms with Crippen LogP contribution in [0, 0.1) is 10.8 Å². The largest absolute Gasteiger partial charge is 2.00 e. The van der Waals surface area contributed by atoms with E-state index in [2.05, 4.69) is 72.8 Å². The molecule has 2 N–H and O–H groups in total. The van der Waals surface area contributed by atoms with Gasteiger partial charge in [0.1, 0.15) is 0 Å². The van der Waals surface area contributed by atoms with E-state index in [-0.39, 0.29) is 21.7 Å². The summed E-state index contributed by atoms with van der Waals surface area (Å²) in [5.41, 5.74) is 1.72. The van der Waals surface area contributed by atoms with Gasteiger partial charge in [0.05, 0.1) is 10.8 Å². The molecular weight excluding hydrogens is 472 g/mol. The molecule has 4 aromatic carbocycles. The SMILES string of the molecule is CC(C)(C)C(=O)O.CC(C)(C)C(=O)O.[Ti+2].c1ccc2[cH-]c(CCc3cc4ccccc4[cH-]3)cc2c1. The average molecular weight is 508 g/mol. The van der Waals surface area contributed by atoms with Crippen LogP contribution >= 0.6 is 0 Å². The first-order valence-corrected chi connectivity index (χ1v) is 11.5. The van der Waals surface area contributed by atoms with Gasteiger partial charge in [-0.3, -0.25) is 9.59 Å². The molecule has 0 heterocycles. The maximum absolute atomic E-state index is 10.0. The Labute approximate surface area is 223 Å². The zero-order valence-corrected chi connectivity index (χ0v) is 23.1. The van der Waals surface area contributed by atoms with Crippen LogP contribution in [0.4, 0.5) is 0 Å². The van der Waals surface area contributed by atoms with Crippen LogP contribution in [-0.4, -0.2) is 22.2 Å². The number of carboxylic acid groups (broad SMARTS) is 2. The Hall–Kier alpha value is -2.69. The van der Waals surface area contributed by atoms with Gasteiger partial charge >= 0.3 is 33.7 Å². The molecule has 0 aliphatic carbocycles. The molecule has 0 bridgehead atoms. The van der Waals surface area contributed by atoms with Crippen LogP contribution in [-0.2, 0) is 44.1 Å². The van der Waals surface area contributed by atoms with Gasteiger partial charge in [-0.25, -0.2) is 0 Å². The van der Waals surface area contributed by atoms with Crippen LogP contribution in [0.15, 0.2) is 72.8 Å². The van der Waals surface area contributed by atoms with Crippen molar-refractivity contribution in [3.05, 3.63) is 83.9 Å². The van der Waals surface area contributed by atoms with Crippen LogP contribution in [0.5, 0.6) is 0 Å². The van der Waals surface area contributed by atoms with E-state index < -0.39 is 22.8 Å². The van der Waals surface area contributed by atoms with E-state index in [9.17, 15) is 9.59 Å². The van der Waals surface area contributed by atoms with Crippen molar-refractivity contribution in [2.45, 2.75) is 54.4 Å². The number of carboxylic acids is 2. The second-order valence-corrected chi connectivity index (χ2v) is 10.6. The minimum absolute atomic E-state index is 0. The monoisotopic (exact) mass is 508 g/mol. The van der Waals surface area contributed by atoms with Crippen molar-refractivity contribution in [2.24, 2.45) is 10.8 Å². The third kappa shape index (κ3) is 9.83. The summed E-state index contributed by atoms with van der Waals surface area (Å²) in [6.07, 6.45) is 2.23. The smallest absolute Gasteiger partial charge is 0.481 e. The molecule has 0 amide bonds. The summed E-state index contributed by atoms with van der Waals surface area (Å²) in [6, 6.07) is 26.5. The summed E-state index contributed by atoms with van der Waals surface area (Å²) in [4.78, 5) is 20.0. The number of aryl methyl sites for hydroxylation is 2. The van der Waals surface area contributed by atoms with Gasteiger partial charge in [0, 0.05) is 0 Å². The predicted octanol–water partition coefficient (Wildman–Crippen LogP) is 7.45. The first-order chi connectivity index (χ1) is 15.8. The zero-order valence-electron chi connectivity index (χ0n) is 21.6. The fourth-order valence-corrected chi connectivity index (χ4v) is 3.01. The van der Waals surface area contributed by atoms with Crippen molar-refractivity contribution < 1.29 is 41.5 Å². The van der Waals surface area contributed by atoms with E-state index >= 15 is 0 Å². The van der Waals surface area contributed by atoms with Crippen molar-refractivity contribution in [3.8, 4) is 0 Å². The van der Waals surface area contributed by atoms with Gasteiger partial charge in [-0.2, -0.15) is 12.1 Å². The fraction of sp³-hybridized carbons (Fsp3) is 0.333. The minimum Gasteiger partial charge on any atom is -0.481 e. The van der Waals surface area contributed by atoms with Gasteiger partial charge in [0.15, 0.2) is 0 Å². The molecule has 4 aromatic rings. The Morgan fingerprint density at radius 2 is 0.943 bits per heavy atom. The number of rotatable bonds is 3. The van der Waals surface area contributed by atoms with Gasteiger partial charge in [0.25, 0.3) is 0 Å². The van der Waals surface area contributed by atoms with Gasteiger partial charge in [0.2, 0.25) is 0 Å². The topological polar surface area (TPSA) is 74.6 Å². The molecular formula is C30H36O4Ti. The average Bonchev–Trinajstić information content (AvgIpc) is 3.35. The zero-order chi connectivity index (χ0) is 25.5. The number of fused-ring (bicyclic) bond motifs is 2. The Balaban J connectivity index is 0.000000343. The molecule has 4 nitrogen and oxygen atoms in total. The molecule has 0 aliphatic heterocycles. The molecule has 0 atom stereocenters. The van der Waals surface area contributed by atoms with E-state index in [1.54, 1.807) is 41.5 Å². The molecule has 35 heavy (non-hydrogen) atoms. The van der Waals surface area contributed by atoms with Crippen molar-refractivity contribution in [3.63, 3.8) is 0 Å². The third-order valence-electron chi connectivity index (χ3n) is 5.34. The first kappa shape index (κ1) is 30.3. The Kier molecular flexibility index (Phi) is 11.1. The normalized spacial score (nSPS) is 11.0. The molecule has 0 saturated carbocycles. The maximum Gasteiger partial charge on any atom is 2.00 e. The summed E-state index contributed by atoms with van der Waals surface area (Å²) in [5.74, 6) is -1.51. The number of carbonyl (C=O) groups is 2. The standard InChI is InChI=1S/C20H16.2C5H10O2.Ti/c1-2-6-18-12-15(11-17(18)5-1)9-10-16-13-19-7-3-4-8-20(19)14-16;2*1-5(2,3)4(6)7;/h1-8,11-14H,9-10H2;2*1-3H3,(H,6,7);/q-2;;;+2. The van der Waals surface area contributed by atoms with Crippen molar-refractivity contribution in [2.75, 3.05) is 0 Å². The van der Waals surface area contributed by atoms with E-state index in [1.807, 2.05) is 0 Å². The number of hydrogen-bond acceptors (Lipinski definition) is 2. The minimum atomic E-state index is -0.757. The molecule has 0 aromatic heterocycles. The molecule has 184 valence electrons. The van der Waals surface area contributed by atoms with E-state index in [0.717, 1.165) is 12.8 Å². The summed E-state index contributed by atoms with van der Waals surface area (Å²) in [7, 11) is 0. The van der Waals surface area contributed by atoms with Crippen LogP contribution in [0.3, 0.4) is 0 Å². The molecule has 0 radical (unpaired) electrons. The van der Waals surface area contributed by atoms with Crippen molar-refractivity contribution >= 4 is 33.5 Å². The summed E-state index contributed by atoms with van der Waals surface area (Å²) in [6.45, 7) is 9.97. The molecule has 0 spiro atoms. The first-order valence-electron chi connectivity index (χ1n) is 11.5. The molecule has 0 unspecified atom stereocenters. The molecule has 0 aliphatic rings. The van der Waals surface area contributed by atoms with Crippen LogP contribution in [0.1, 0.15) is 52.7 Å². The number of benzene rings is 2. The fourth-order valence-electron chi connectivity index (χ4n) is 3.01. The Morgan fingerprint density at radius 1 is 0.657 bits per heavy atom. The van der Waals surface area contributed by atoms with Crippen molar-refractivity contribution in [1.82, 2.24) is 0 Å². The van der Waals surface area contributed by atoms with Gasteiger partial charge in [-0.15, -0.1) is 81.2 Å². The summed E-state index contributed by atoms with van der Waals surface area (Å²) in [5, 5.41) is 21.9. The van der Waals surface area contributed by atoms with Gasteiger partial charge in [-0.05, 0) is 54.4 Å². The Morgan fingerprint density at radius 3 is 1.20 bits per heavy atom. The number of aliphatic carboxylic acids is 2. The second kappa shape index (κ2) is 12.9. The van der Waals surface area contributed by atoms with Crippen LogP contribution in [0.2, 0.25) is 0 Å². The third-order valence-corrected chi connectivity index (χ3v) is 5.34. The van der Waals surface area contributed by atoms with Gasteiger partial charge < -0.3 is 10.2 Å². The molecule has 5 heteroatoms. The second-order valence-electron chi connectivity index (χ2n) is 10.6. The number of hydrogen-bond donors (Lipinski definition) is 2. The summed E-state index contributed by atoms with van der Waals surface area (Å²) >= 11 is 0. The quantitative estimate of drug-likeness (QED) is 0.223. The molecule has 0 fully saturated rings. The van der Waals surface area contributed by atoms with E-state index in [4.69, 9.17) is 10.2 Å². The van der Waals surface area contributed by atoms with E-state index in [1.165, 1.54) is 32.7 Å². The Bertz CT molecular complexity index is 1070. The van der Waals surface area contributed by atoms with Gasteiger partial charge in [-0.1, -0.05) is 12.1 Å².